The average Bonchev–Trinajstić information content (AvgIpc) is 2.78. The summed E-state index contributed by atoms with van der Waals surface area (Å²) in [6.07, 6.45) is 17.3. The molecule has 180 valence electrons. The van der Waals surface area contributed by atoms with Crippen molar-refractivity contribution in [3.8, 4) is 5.75 Å². The molecule has 1 aromatic rings. The maximum Gasteiger partial charge on any atom is 0.319 e. The Morgan fingerprint density at radius 3 is 2.19 bits per heavy atom. The van der Waals surface area contributed by atoms with Crippen LogP contribution >= 0.6 is 11.8 Å². The van der Waals surface area contributed by atoms with Gasteiger partial charge in [-0.3, -0.25) is 4.79 Å². The Morgan fingerprint density at radius 1 is 0.875 bits per heavy atom. The third-order valence-corrected chi connectivity index (χ3v) is 5.94. The number of anilines is 1. The summed E-state index contributed by atoms with van der Waals surface area (Å²) >= 11 is 1.66. The zero-order valence-electron chi connectivity index (χ0n) is 19.5. The topological polar surface area (TPSA) is 90.5 Å². The van der Waals surface area contributed by atoms with Gasteiger partial charge in [-0.1, -0.05) is 51.2 Å². The van der Waals surface area contributed by atoms with E-state index >= 15 is 0 Å². The molecule has 0 saturated heterocycles. The molecule has 32 heavy (non-hydrogen) atoms. The molecule has 4 N–H and O–H groups in total. The maximum absolute atomic E-state index is 11.8. The number of phenols is 1. The monoisotopic (exact) mass is 463 g/mol. The van der Waals surface area contributed by atoms with Crippen molar-refractivity contribution in [2.75, 3.05) is 29.9 Å². The molecule has 6 nitrogen and oxygen atoms in total. The lowest BCUT2D eigenvalue weighted by atomic mass is 10.1. The van der Waals surface area contributed by atoms with Gasteiger partial charge in [0.05, 0.1) is 5.75 Å². The van der Waals surface area contributed by atoms with Gasteiger partial charge in [0.15, 0.2) is 0 Å². The summed E-state index contributed by atoms with van der Waals surface area (Å²) in [4.78, 5) is 23.6. The standard InChI is InChI=1S/C25H41N3O3S/c1-2-3-4-5-6-7-8-9-10-11-12-13-20-32-21-24(30)26-18-19-27-25(31)28-22-14-16-23(29)17-15-22/h8-9,14-17,29H,2-7,10-13,18-21H2,1H3,(H,26,30)(H2,27,28,31)/b9-8-. The predicted molar refractivity (Wildman–Crippen MR) is 136 cm³/mol. The first-order valence-corrected chi connectivity index (χ1v) is 13.1. The summed E-state index contributed by atoms with van der Waals surface area (Å²) < 4.78 is 0. The van der Waals surface area contributed by atoms with Gasteiger partial charge in [-0.15, -0.1) is 0 Å². The molecule has 0 aromatic heterocycles. The van der Waals surface area contributed by atoms with Crippen molar-refractivity contribution in [2.45, 2.75) is 71.1 Å². The van der Waals surface area contributed by atoms with Gasteiger partial charge in [-0.2, -0.15) is 11.8 Å². The van der Waals surface area contributed by atoms with E-state index in [9.17, 15) is 14.7 Å². The Bertz CT molecular complexity index is 650. The number of amides is 3. The van der Waals surface area contributed by atoms with Crippen LogP contribution < -0.4 is 16.0 Å². The molecular weight excluding hydrogens is 422 g/mol. The Morgan fingerprint density at radius 2 is 1.50 bits per heavy atom. The van der Waals surface area contributed by atoms with Crippen molar-refractivity contribution in [1.29, 1.82) is 0 Å². The number of phenolic OH excluding ortho intramolecular Hbond substituents is 1. The summed E-state index contributed by atoms with van der Waals surface area (Å²) in [5.41, 5.74) is 0.592. The summed E-state index contributed by atoms with van der Waals surface area (Å²) in [5.74, 6) is 1.60. The molecule has 0 saturated carbocycles. The van der Waals surface area contributed by atoms with Crippen LogP contribution in [0.15, 0.2) is 36.4 Å². The largest absolute Gasteiger partial charge is 0.508 e. The fourth-order valence-electron chi connectivity index (χ4n) is 3.06. The number of nitrogens with one attached hydrogen (secondary N) is 3. The van der Waals surface area contributed by atoms with Crippen LogP contribution in [-0.4, -0.2) is 41.6 Å². The number of hydrogen-bond acceptors (Lipinski definition) is 4. The van der Waals surface area contributed by atoms with E-state index in [0.717, 1.165) is 18.6 Å². The van der Waals surface area contributed by atoms with Crippen molar-refractivity contribution in [1.82, 2.24) is 10.6 Å². The molecule has 1 aromatic carbocycles. The van der Waals surface area contributed by atoms with Crippen LogP contribution in [-0.2, 0) is 4.79 Å². The SMILES string of the molecule is CCCCCCC/C=C\CCCCCSCC(=O)NCCNC(=O)Nc1ccc(O)cc1. The van der Waals surface area contributed by atoms with Gasteiger partial charge < -0.3 is 21.1 Å². The highest BCUT2D eigenvalue weighted by atomic mass is 32.2. The molecule has 0 radical (unpaired) electrons. The number of unbranched alkanes of at least 4 members (excludes halogenated alkanes) is 8. The normalized spacial score (nSPS) is 10.9. The van der Waals surface area contributed by atoms with Crippen molar-refractivity contribution < 1.29 is 14.7 Å². The lowest BCUT2D eigenvalue weighted by Gasteiger charge is -2.09. The van der Waals surface area contributed by atoms with E-state index in [-0.39, 0.29) is 17.7 Å². The van der Waals surface area contributed by atoms with E-state index < -0.39 is 0 Å². The summed E-state index contributed by atoms with van der Waals surface area (Å²) in [6, 6.07) is 5.88. The van der Waals surface area contributed by atoms with E-state index in [1.807, 2.05) is 0 Å². The smallest absolute Gasteiger partial charge is 0.319 e. The third-order valence-electron chi connectivity index (χ3n) is 4.89. The fraction of sp³-hybridized carbons (Fsp3) is 0.600. The van der Waals surface area contributed by atoms with E-state index in [1.165, 1.54) is 63.5 Å². The molecule has 0 aliphatic heterocycles. The van der Waals surface area contributed by atoms with Crippen LogP contribution in [0.3, 0.4) is 0 Å². The quantitative estimate of drug-likeness (QED) is 0.125. The molecule has 0 atom stereocenters. The lowest BCUT2D eigenvalue weighted by Crippen LogP contribution is -2.37. The second-order valence-electron chi connectivity index (χ2n) is 7.85. The van der Waals surface area contributed by atoms with Crippen molar-refractivity contribution in [2.24, 2.45) is 0 Å². The first-order valence-electron chi connectivity index (χ1n) is 11.9. The van der Waals surface area contributed by atoms with Crippen LogP contribution in [0.1, 0.15) is 71.1 Å². The number of benzene rings is 1. The Hall–Kier alpha value is -2.15. The van der Waals surface area contributed by atoms with Gasteiger partial charge >= 0.3 is 6.03 Å². The van der Waals surface area contributed by atoms with Gasteiger partial charge in [0, 0.05) is 18.8 Å². The second kappa shape index (κ2) is 19.5. The number of carbonyl (C=O) groups excluding carboxylic acids is 2. The molecule has 3 amide bonds. The van der Waals surface area contributed by atoms with Crippen LogP contribution in [0.25, 0.3) is 0 Å². The van der Waals surface area contributed by atoms with Gasteiger partial charge in [0.2, 0.25) is 5.91 Å². The van der Waals surface area contributed by atoms with Crippen molar-refractivity contribution in [3.05, 3.63) is 36.4 Å². The molecule has 0 unspecified atom stereocenters. The van der Waals surface area contributed by atoms with Crippen molar-refractivity contribution >= 4 is 29.4 Å². The summed E-state index contributed by atoms with van der Waals surface area (Å²) in [6.45, 7) is 3.00. The maximum atomic E-state index is 11.8. The molecule has 0 spiro atoms. The molecule has 0 aliphatic rings. The highest BCUT2D eigenvalue weighted by Gasteiger charge is 2.03. The van der Waals surface area contributed by atoms with Crippen LogP contribution in [0, 0.1) is 0 Å². The zero-order chi connectivity index (χ0) is 23.3. The number of carbonyl (C=O) groups is 2. The number of urea groups is 1. The fourth-order valence-corrected chi connectivity index (χ4v) is 3.90. The lowest BCUT2D eigenvalue weighted by molar-refractivity contribution is -0.118. The van der Waals surface area contributed by atoms with E-state index in [0.29, 0.717) is 24.5 Å². The number of hydrogen-bond donors (Lipinski definition) is 4. The number of rotatable bonds is 18. The van der Waals surface area contributed by atoms with E-state index in [2.05, 4.69) is 35.0 Å². The molecule has 0 heterocycles. The van der Waals surface area contributed by atoms with E-state index in [1.54, 1.807) is 23.9 Å². The molecule has 1 rings (SSSR count). The van der Waals surface area contributed by atoms with Crippen LogP contribution in [0.4, 0.5) is 10.5 Å². The van der Waals surface area contributed by atoms with Gasteiger partial charge in [-0.25, -0.2) is 4.79 Å². The summed E-state index contributed by atoms with van der Waals surface area (Å²) in [5, 5.41) is 17.4. The van der Waals surface area contributed by atoms with Gasteiger partial charge in [0.25, 0.3) is 0 Å². The molecular formula is C25H41N3O3S. The molecule has 7 heteroatoms. The minimum absolute atomic E-state index is 0.00221. The summed E-state index contributed by atoms with van der Waals surface area (Å²) in [7, 11) is 0. The van der Waals surface area contributed by atoms with Crippen molar-refractivity contribution in [3.63, 3.8) is 0 Å². The molecule has 0 fully saturated rings. The van der Waals surface area contributed by atoms with Crippen LogP contribution in [0.5, 0.6) is 5.75 Å². The van der Waals surface area contributed by atoms with E-state index in [4.69, 9.17) is 0 Å². The number of allylic oxidation sites excluding steroid dienone is 2. The minimum atomic E-state index is -0.346. The predicted octanol–water partition coefficient (Wildman–Crippen LogP) is 5.84. The first kappa shape index (κ1) is 27.9. The number of aromatic hydroxyl groups is 1. The third kappa shape index (κ3) is 16.5. The minimum Gasteiger partial charge on any atom is -0.508 e. The zero-order valence-corrected chi connectivity index (χ0v) is 20.4. The first-order chi connectivity index (χ1) is 15.6. The highest BCUT2D eigenvalue weighted by molar-refractivity contribution is 7.99. The van der Waals surface area contributed by atoms with Gasteiger partial charge in [0.1, 0.15) is 5.75 Å². The average molecular weight is 464 g/mol. The Balaban J connectivity index is 1.87. The number of thioether (sulfide) groups is 1. The highest BCUT2D eigenvalue weighted by Crippen LogP contribution is 2.13. The second-order valence-corrected chi connectivity index (χ2v) is 8.96. The molecule has 0 aliphatic carbocycles. The van der Waals surface area contributed by atoms with Gasteiger partial charge in [-0.05, 0) is 62.1 Å². The Kier molecular flexibility index (Phi) is 17.0. The van der Waals surface area contributed by atoms with Crippen LogP contribution in [0.2, 0.25) is 0 Å². The Labute approximate surface area is 198 Å². The molecule has 0 bridgehead atoms.